The molecule has 0 spiro atoms. The van der Waals surface area contributed by atoms with Crippen LogP contribution in [0.4, 0.5) is 0 Å². The average molecular weight is 148 g/mol. The van der Waals surface area contributed by atoms with Crippen LogP contribution in [0.2, 0.25) is 0 Å². The predicted octanol–water partition coefficient (Wildman–Crippen LogP) is 1.58. The molecule has 1 N–H and O–H groups in total. The summed E-state index contributed by atoms with van der Waals surface area (Å²) in [6, 6.07) is 9.59. The van der Waals surface area contributed by atoms with Gasteiger partial charge in [0, 0.05) is 0 Å². The molecule has 0 aliphatic carbocycles. The van der Waals surface area contributed by atoms with Crippen molar-refractivity contribution >= 4 is 23.1 Å². The predicted molar refractivity (Wildman–Crippen MR) is 45.1 cm³/mol. The van der Waals surface area contributed by atoms with Gasteiger partial charge in [-0.2, -0.15) is 0 Å². The van der Waals surface area contributed by atoms with Crippen LogP contribution < -0.4 is 0 Å². The Morgan fingerprint density at radius 3 is 2.10 bits per heavy atom. The van der Waals surface area contributed by atoms with Gasteiger partial charge in [0.2, 0.25) is 0 Å². The Morgan fingerprint density at radius 2 is 1.80 bits per heavy atom. The van der Waals surface area contributed by atoms with Crippen LogP contribution in [0.5, 0.6) is 0 Å². The smallest absolute Gasteiger partial charge is 1.00 e. The molecule has 1 aromatic rings. The van der Waals surface area contributed by atoms with Crippen molar-refractivity contribution in [1.29, 1.82) is 0 Å². The molecular formula is C8H12MgO. The van der Waals surface area contributed by atoms with E-state index in [-0.39, 0.29) is 32.0 Å². The summed E-state index contributed by atoms with van der Waals surface area (Å²) in [7, 11) is 0. The molecule has 0 saturated heterocycles. The van der Waals surface area contributed by atoms with Gasteiger partial charge < -0.3 is 7.96 Å². The molecular weight excluding hydrogens is 136 g/mol. The molecule has 0 saturated carbocycles. The van der Waals surface area contributed by atoms with Crippen LogP contribution in [0.3, 0.4) is 0 Å². The van der Waals surface area contributed by atoms with Crippen LogP contribution in [0, 0.1) is 0 Å². The van der Waals surface area contributed by atoms with E-state index < -0.39 is 0 Å². The van der Waals surface area contributed by atoms with Crippen LogP contribution in [0.25, 0.3) is 0 Å². The number of hydrogen-bond acceptors (Lipinski definition) is 1. The topological polar surface area (TPSA) is 20.2 Å². The third-order valence-electron chi connectivity index (χ3n) is 1.28. The van der Waals surface area contributed by atoms with Crippen molar-refractivity contribution in [1.82, 2.24) is 0 Å². The molecule has 0 fully saturated rings. The molecule has 2 heteroatoms. The van der Waals surface area contributed by atoms with E-state index in [1.54, 1.807) is 6.92 Å². The zero-order valence-electron chi connectivity index (χ0n) is 8.12. The summed E-state index contributed by atoms with van der Waals surface area (Å²) in [5.41, 5.74) is 0.970. The molecule has 1 aromatic carbocycles. The van der Waals surface area contributed by atoms with Crippen LogP contribution in [0.15, 0.2) is 30.3 Å². The van der Waals surface area contributed by atoms with Gasteiger partial charge in [-0.05, 0) is 12.5 Å². The Morgan fingerprint density at radius 1 is 1.30 bits per heavy atom. The Kier molecular flexibility index (Phi) is 4.69. The SMILES string of the molecule is CC(O)c1ccccc1.[H-].[H-].[Mg+2]. The third-order valence-corrected chi connectivity index (χ3v) is 1.28. The summed E-state index contributed by atoms with van der Waals surface area (Å²) in [6.45, 7) is 1.76. The van der Waals surface area contributed by atoms with E-state index in [0.29, 0.717) is 0 Å². The first-order valence-electron chi connectivity index (χ1n) is 3.03. The zero-order valence-corrected chi connectivity index (χ0v) is 7.53. The molecule has 52 valence electrons. The average Bonchev–Trinajstić information content (AvgIpc) is 1.90. The summed E-state index contributed by atoms with van der Waals surface area (Å²) >= 11 is 0. The van der Waals surface area contributed by atoms with Gasteiger partial charge in [-0.3, -0.25) is 0 Å². The van der Waals surface area contributed by atoms with E-state index in [4.69, 9.17) is 5.11 Å². The van der Waals surface area contributed by atoms with Crippen molar-refractivity contribution < 1.29 is 7.96 Å². The fraction of sp³-hybridized carbons (Fsp3) is 0.250. The Bertz CT molecular complexity index is 180. The van der Waals surface area contributed by atoms with E-state index in [0.717, 1.165) is 5.56 Å². The molecule has 1 nitrogen and oxygen atoms in total. The van der Waals surface area contributed by atoms with Crippen molar-refractivity contribution in [3.8, 4) is 0 Å². The Hall–Kier alpha value is -0.0538. The fourth-order valence-corrected chi connectivity index (χ4v) is 0.732. The summed E-state index contributed by atoms with van der Waals surface area (Å²) in [5.74, 6) is 0. The minimum atomic E-state index is -0.341. The molecule has 0 aliphatic rings. The summed E-state index contributed by atoms with van der Waals surface area (Å²) in [4.78, 5) is 0. The number of hydrogen-bond donors (Lipinski definition) is 1. The molecule has 0 amide bonds. The van der Waals surface area contributed by atoms with Crippen molar-refractivity contribution in [3.63, 3.8) is 0 Å². The van der Waals surface area contributed by atoms with E-state index >= 15 is 0 Å². The van der Waals surface area contributed by atoms with Crippen molar-refractivity contribution in [2.75, 3.05) is 0 Å². The summed E-state index contributed by atoms with van der Waals surface area (Å²) in [6.07, 6.45) is -0.341. The van der Waals surface area contributed by atoms with Gasteiger partial charge in [-0.1, -0.05) is 30.3 Å². The largest absolute Gasteiger partial charge is 2.00 e. The zero-order chi connectivity index (χ0) is 6.69. The standard InChI is InChI=1S/C8H10O.Mg.2H/c1-7(9)8-5-3-2-4-6-8;;;/h2-7,9H,1H3;;;/q;+2;2*-1. The number of aliphatic hydroxyl groups is 1. The van der Waals surface area contributed by atoms with Crippen LogP contribution in [0.1, 0.15) is 21.4 Å². The van der Waals surface area contributed by atoms with E-state index in [9.17, 15) is 0 Å². The number of rotatable bonds is 1. The molecule has 1 atom stereocenters. The molecule has 10 heavy (non-hydrogen) atoms. The van der Waals surface area contributed by atoms with Crippen molar-refractivity contribution in [2.45, 2.75) is 13.0 Å². The second-order valence-electron chi connectivity index (χ2n) is 2.09. The first-order valence-corrected chi connectivity index (χ1v) is 3.03. The van der Waals surface area contributed by atoms with Crippen LogP contribution in [-0.4, -0.2) is 28.2 Å². The van der Waals surface area contributed by atoms with Gasteiger partial charge in [0.15, 0.2) is 0 Å². The van der Waals surface area contributed by atoms with Crippen molar-refractivity contribution in [3.05, 3.63) is 35.9 Å². The summed E-state index contributed by atoms with van der Waals surface area (Å²) in [5, 5.41) is 9.02. The van der Waals surface area contributed by atoms with Crippen molar-refractivity contribution in [2.24, 2.45) is 0 Å². The minimum Gasteiger partial charge on any atom is -1.00 e. The molecule has 0 aliphatic heterocycles. The van der Waals surface area contributed by atoms with Crippen LogP contribution >= 0.6 is 0 Å². The Balaban J connectivity index is -0.000000270. The van der Waals surface area contributed by atoms with E-state index in [1.165, 1.54) is 0 Å². The quantitative estimate of drug-likeness (QED) is 0.600. The fourth-order valence-electron chi connectivity index (χ4n) is 0.732. The maximum absolute atomic E-state index is 9.02. The third kappa shape index (κ3) is 2.69. The second-order valence-corrected chi connectivity index (χ2v) is 2.09. The second kappa shape index (κ2) is 4.71. The van der Waals surface area contributed by atoms with E-state index in [2.05, 4.69) is 0 Å². The minimum absolute atomic E-state index is 0. The van der Waals surface area contributed by atoms with Gasteiger partial charge in [0.05, 0.1) is 6.10 Å². The van der Waals surface area contributed by atoms with Gasteiger partial charge in [-0.15, -0.1) is 0 Å². The number of aliphatic hydroxyl groups excluding tert-OH is 1. The van der Waals surface area contributed by atoms with E-state index in [1.807, 2.05) is 30.3 Å². The first-order chi connectivity index (χ1) is 4.30. The molecule has 0 radical (unpaired) electrons. The monoisotopic (exact) mass is 148 g/mol. The van der Waals surface area contributed by atoms with Gasteiger partial charge in [0.1, 0.15) is 0 Å². The molecule has 0 aromatic heterocycles. The van der Waals surface area contributed by atoms with Gasteiger partial charge in [-0.25, -0.2) is 0 Å². The number of benzene rings is 1. The normalized spacial score (nSPS) is 11.8. The maximum atomic E-state index is 9.02. The first kappa shape index (κ1) is 9.95. The van der Waals surface area contributed by atoms with Gasteiger partial charge >= 0.3 is 23.1 Å². The molecule has 1 unspecified atom stereocenters. The van der Waals surface area contributed by atoms with Crippen LogP contribution in [-0.2, 0) is 0 Å². The summed E-state index contributed by atoms with van der Waals surface area (Å²) < 4.78 is 0. The molecule has 0 bridgehead atoms. The Labute approximate surface area is 80.2 Å². The maximum Gasteiger partial charge on any atom is 2.00 e. The molecule has 0 heterocycles. The van der Waals surface area contributed by atoms with Gasteiger partial charge in [0.25, 0.3) is 0 Å². The molecule has 1 rings (SSSR count).